The number of hydrogen-bond donors (Lipinski definition) is 0. The van der Waals surface area contributed by atoms with Gasteiger partial charge in [0.2, 0.25) is 0 Å². The van der Waals surface area contributed by atoms with Gasteiger partial charge in [-0.15, -0.1) is 0 Å². The molecule has 4 heteroatoms. The molecule has 0 saturated heterocycles. The van der Waals surface area contributed by atoms with E-state index in [9.17, 15) is 4.39 Å². The largest absolute Gasteiger partial charge is 0.464 e. The Morgan fingerprint density at radius 2 is 1.27 bits per heavy atom. The monoisotopic (exact) mass is 530 g/mol. The number of furan rings is 1. The number of halogens is 1. The Morgan fingerprint density at radius 3 is 2.00 bits per heavy atom. The lowest BCUT2D eigenvalue weighted by molar-refractivity contribution is 0.616. The first-order chi connectivity index (χ1) is 20.2. The Kier molecular flexibility index (Phi) is 5.32. The molecule has 41 heavy (non-hydrogen) atoms. The van der Waals surface area contributed by atoms with E-state index in [1.165, 1.54) is 6.07 Å². The van der Waals surface area contributed by atoms with Gasteiger partial charge < -0.3 is 4.42 Å². The van der Waals surface area contributed by atoms with Gasteiger partial charge in [0, 0.05) is 16.5 Å². The molecule has 6 aromatic carbocycles. The fourth-order valence-electron chi connectivity index (χ4n) is 5.83. The maximum absolute atomic E-state index is 14.2. The van der Waals surface area contributed by atoms with Crippen molar-refractivity contribution >= 4 is 32.8 Å². The van der Waals surface area contributed by atoms with Crippen molar-refractivity contribution in [3.8, 4) is 39.3 Å². The van der Waals surface area contributed by atoms with Gasteiger partial charge >= 0.3 is 0 Å². The van der Waals surface area contributed by atoms with Crippen molar-refractivity contribution < 1.29 is 8.81 Å². The smallest absolute Gasteiger partial charge is 0.149 e. The van der Waals surface area contributed by atoms with Crippen LogP contribution >= 0.6 is 0 Å². The van der Waals surface area contributed by atoms with Crippen LogP contribution in [0.5, 0.6) is 0 Å². The number of para-hydroxylation sites is 3. The third-order valence-electron chi connectivity index (χ3n) is 7.73. The van der Waals surface area contributed by atoms with Crippen LogP contribution in [0.2, 0.25) is 0 Å². The van der Waals surface area contributed by atoms with Crippen molar-refractivity contribution in [1.29, 1.82) is 0 Å². The van der Waals surface area contributed by atoms with E-state index in [0.717, 1.165) is 72.1 Å². The van der Waals surface area contributed by atoms with Gasteiger partial charge in [-0.3, -0.25) is 4.57 Å². The van der Waals surface area contributed by atoms with Crippen LogP contribution in [-0.2, 0) is 0 Å². The maximum atomic E-state index is 14.2. The molecule has 0 aliphatic rings. The Hall–Kier alpha value is -5.48. The van der Waals surface area contributed by atoms with E-state index in [4.69, 9.17) is 9.40 Å². The molecule has 0 radical (unpaired) electrons. The van der Waals surface area contributed by atoms with Gasteiger partial charge in [0.05, 0.1) is 22.3 Å². The quantitative estimate of drug-likeness (QED) is 0.227. The molecule has 0 bridgehead atoms. The number of benzene rings is 6. The van der Waals surface area contributed by atoms with Gasteiger partial charge in [0.15, 0.2) is 0 Å². The molecular weight excluding hydrogens is 507 g/mol. The SMILES string of the molecule is Fc1ccc2cc3occ(-c4nc5ccccc5n4-c4c(-c5ccccc5)cccc4-c4ccccc4)c3cc2c1. The van der Waals surface area contributed by atoms with E-state index in [-0.39, 0.29) is 5.82 Å². The van der Waals surface area contributed by atoms with Crippen molar-refractivity contribution in [1.82, 2.24) is 9.55 Å². The first kappa shape index (κ1) is 23.4. The van der Waals surface area contributed by atoms with Crippen LogP contribution in [0.1, 0.15) is 0 Å². The van der Waals surface area contributed by atoms with E-state index in [1.807, 2.05) is 42.5 Å². The summed E-state index contributed by atoms with van der Waals surface area (Å²) < 4.78 is 22.5. The lowest BCUT2D eigenvalue weighted by atomic mass is 9.95. The summed E-state index contributed by atoms with van der Waals surface area (Å²) in [6.07, 6.45) is 1.77. The lowest BCUT2D eigenvalue weighted by Gasteiger charge is -2.19. The summed E-state index contributed by atoms with van der Waals surface area (Å²) in [7, 11) is 0. The van der Waals surface area contributed by atoms with Crippen LogP contribution < -0.4 is 0 Å². The zero-order valence-electron chi connectivity index (χ0n) is 22.0. The summed E-state index contributed by atoms with van der Waals surface area (Å²) in [6.45, 7) is 0. The highest BCUT2D eigenvalue weighted by Crippen LogP contribution is 2.42. The minimum atomic E-state index is -0.265. The van der Waals surface area contributed by atoms with Crippen molar-refractivity contribution in [3.63, 3.8) is 0 Å². The molecule has 0 amide bonds. The number of aromatic nitrogens is 2. The number of hydrogen-bond acceptors (Lipinski definition) is 2. The van der Waals surface area contributed by atoms with E-state index in [2.05, 4.69) is 77.4 Å². The number of imidazole rings is 1. The Morgan fingerprint density at radius 1 is 0.585 bits per heavy atom. The van der Waals surface area contributed by atoms with Crippen molar-refractivity contribution in [2.24, 2.45) is 0 Å². The van der Waals surface area contributed by atoms with Crippen LogP contribution in [0, 0.1) is 5.82 Å². The molecule has 0 saturated carbocycles. The number of nitrogens with zero attached hydrogens (tertiary/aromatic N) is 2. The second-order valence-electron chi connectivity index (χ2n) is 10.2. The van der Waals surface area contributed by atoms with Crippen LogP contribution in [-0.4, -0.2) is 9.55 Å². The topological polar surface area (TPSA) is 31.0 Å². The van der Waals surface area contributed by atoms with E-state index in [1.54, 1.807) is 18.4 Å². The zero-order valence-corrected chi connectivity index (χ0v) is 22.0. The lowest BCUT2D eigenvalue weighted by Crippen LogP contribution is -2.03. The predicted octanol–water partition coefficient (Wildman–Crippen LogP) is 10.1. The summed E-state index contributed by atoms with van der Waals surface area (Å²) >= 11 is 0. The van der Waals surface area contributed by atoms with Crippen LogP contribution in [0.4, 0.5) is 4.39 Å². The summed E-state index contributed by atoms with van der Waals surface area (Å²) in [6, 6.07) is 44.3. The van der Waals surface area contributed by atoms with Gasteiger partial charge in [0.25, 0.3) is 0 Å². The van der Waals surface area contributed by atoms with Crippen LogP contribution in [0.15, 0.2) is 144 Å². The van der Waals surface area contributed by atoms with Gasteiger partial charge in [-0.05, 0) is 58.3 Å². The first-order valence-corrected chi connectivity index (χ1v) is 13.6. The molecular formula is C37H23FN2O. The molecule has 0 N–H and O–H groups in total. The van der Waals surface area contributed by atoms with Gasteiger partial charge in [0.1, 0.15) is 23.5 Å². The second kappa shape index (κ2) is 9.32. The third-order valence-corrected chi connectivity index (χ3v) is 7.73. The fourth-order valence-corrected chi connectivity index (χ4v) is 5.83. The number of fused-ring (bicyclic) bond motifs is 3. The predicted molar refractivity (Wildman–Crippen MR) is 165 cm³/mol. The molecule has 0 unspecified atom stereocenters. The summed E-state index contributed by atoms with van der Waals surface area (Å²) in [5, 5.41) is 2.63. The van der Waals surface area contributed by atoms with Gasteiger partial charge in [-0.1, -0.05) is 97.1 Å². The van der Waals surface area contributed by atoms with Gasteiger partial charge in [-0.2, -0.15) is 0 Å². The first-order valence-electron chi connectivity index (χ1n) is 13.6. The normalized spacial score (nSPS) is 11.5. The molecule has 2 aromatic heterocycles. The maximum Gasteiger partial charge on any atom is 0.149 e. The third kappa shape index (κ3) is 3.84. The standard InChI is InChI=1S/C37H23FN2O/c38-28-19-18-26-22-35-31(21-27(26)20-28)32(23-41-35)37-39-33-16-7-8-17-34(33)40(37)36-29(24-10-3-1-4-11-24)14-9-15-30(36)25-12-5-2-6-13-25/h1-23H. The highest BCUT2D eigenvalue weighted by Gasteiger charge is 2.23. The summed E-state index contributed by atoms with van der Waals surface area (Å²) in [5.41, 5.74) is 8.91. The Bertz CT molecular complexity index is 2150. The molecule has 194 valence electrons. The Balaban J connectivity index is 1.49. The van der Waals surface area contributed by atoms with Gasteiger partial charge in [-0.25, -0.2) is 9.37 Å². The average molecular weight is 531 g/mol. The van der Waals surface area contributed by atoms with Crippen LogP contribution in [0.3, 0.4) is 0 Å². The van der Waals surface area contributed by atoms with E-state index in [0.29, 0.717) is 0 Å². The molecule has 0 fully saturated rings. The highest BCUT2D eigenvalue weighted by molar-refractivity contribution is 6.04. The highest BCUT2D eigenvalue weighted by atomic mass is 19.1. The fraction of sp³-hybridized carbons (Fsp3) is 0. The molecule has 0 spiro atoms. The second-order valence-corrected chi connectivity index (χ2v) is 10.2. The molecule has 3 nitrogen and oxygen atoms in total. The minimum absolute atomic E-state index is 0.265. The zero-order chi connectivity index (χ0) is 27.3. The minimum Gasteiger partial charge on any atom is -0.464 e. The molecule has 2 heterocycles. The van der Waals surface area contributed by atoms with E-state index < -0.39 is 0 Å². The summed E-state index contributed by atoms with van der Waals surface area (Å²) in [4.78, 5) is 5.18. The molecule has 8 rings (SSSR count). The molecule has 0 aliphatic heterocycles. The number of rotatable bonds is 4. The Labute approximate surface area is 235 Å². The summed E-state index contributed by atoms with van der Waals surface area (Å²) in [5.74, 6) is 0.500. The van der Waals surface area contributed by atoms with Crippen LogP contribution in [0.25, 0.3) is 72.1 Å². The van der Waals surface area contributed by atoms with Crippen molar-refractivity contribution in [2.75, 3.05) is 0 Å². The molecule has 0 aliphatic carbocycles. The molecule has 8 aromatic rings. The average Bonchev–Trinajstić information content (AvgIpc) is 3.61. The van der Waals surface area contributed by atoms with Crippen molar-refractivity contribution in [2.45, 2.75) is 0 Å². The molecule has 0 atom stereocenters. The van der Waals surface area contributed by atoms with E-state index >= 15 is 0 Å². The van der Waals surface area contributed by atoms with Crippen molar-refractivity contribution in [3.05, 3.63) is 146 Å².